The fourth-order valence-corrected chi connectivity index (χ4v) is 2.99. The molecular weight excluding hydrogens is 202 g/mol. The van der Waals surface area contributed by atoms with Crippen molar-refractivity contribution < 1.29 is 13.8 Å². The highest BCUT2D eigenvalue weighted by molar-refractivity contribution is 8.02. The molecule has 0 aromatic heterocycles. The van der Waals surface area contributed by atoms with Crippen molar-refractivity contribution >= 4 is 21.9 Å². The normalized spacial score (nSPS) is 29.4. The first-order chi connectivity index (χ1) is 6.43. The molecule has 3 unspecified atom stereocenters. The molecule has 1 fully saturated rings. The molecule has 1 saturated heterocycles. The van der Waals surface area contributed by atoms with E-state index in [1.54, 1.807) is 0 Å². The third kappa shape index (κ3) is 2.20. The third-order valence-electron chi connectivity index (χ3n) is 2.26. The van der Waals surface area contributed by atoms with E-state index in [2.05, 4.69) is 5.32 Å². The highest BCUT2D eigenvalue weighted by Gasteiger charge is 2.42. The molecule has 1 aliphatic rings. The molecule has 0 spiro atoms. The van der Waals surface area contributed by atoms with Crippen LogP contribution in [-0.2, 0) is 15.6 Å². The number of carbonyl (C=O) groups excluding carboxylic acids is 2. The zero-order valence-corrected chi connectivity index (χ0v) is 9.39. The van der Waals surface area contributed by atoms with Gasteiger partial charge in [0.25, 0.3) is 0 Å². The fourth-order valence-electron chi connectivity index (χ4n) is 1.77. The van der Waals surface area contributed by atoms with Crippen LogP contribution < -0.4 is 5.32 Å². The Hall–Kier alpha value is -0.710. The van der Waals surface area contributed by atoms with Crippen molar-refractivity contribution in [2.45, 2.75) is 32.4 Å². The largest absolute Gasteiger partial charge is 0.316 e. The summed E-state index contributed by atoms with van der Waals surface area (Å²) in [5.74, 6) is 0.0364. The van der Waals surface area contributed by atoms with Crippen LogP contribution in [0.4, 0.5) is 4.79 Å². The number of hydrogen-bond acceptors (Lipinski definition) is 3. The number of rotatable bonds is 3. The first-order valence-corrected chi connectivity index (χ1v) is 5.90. The summed E-state index contributed by atoms with van der Waals surface area (Å²) in [6.07, 6.45) is 0.803. The highest BCUT2D eigenvalue weighted by Crippen LogP contribution is 2.22. The average Bonchev–Trinajstić information content (AvgIpc) is 2.25. The second-order valence-electron chi connectivity index (χ2n) is 4.10. The first kappa shape index (κ1) is 11.4. The van der Waals surface area contributed by atoms with Crippen LogP contribution >= 0.6 is 0 Å². The summed E-state index contributed by atoms with van der Waals surface area (Å²) in [6.45, 7) is 5.93. The van der Waals surface area contributed by atoms with Crippen molar-refractivity contribution in [3.63, 3.8) is 0 Å². The van der Waals surface area contributed by atoms with Gasteiger partial charge in [-0.25, -0.2) is 4.21 Å². The highest BCUT2D eigenvalue weighted by atomic mass is 32.2. The molecule has 1 rings (SSSR count). The third-order valence-corrected chi connectivity index (χ3v) is 3.86. The van der Waals surface area contributed by atoms with Crippen molar-refractivity contribution in [3.8, 4) is 0 Å². The van der Waals surface area contributed by atoms with Gasteiger partial charge < -0.3 is 0 Å². The van der Waals surface area contributed by atoms with Crippen LogP contribution in [0.3, 0.4) is 0 Å². The van der Waals surface area contributed by atoms with Gasteiger partial charge in [0.15, 0.2) is 0 Å². The molecule has 0 radical (unpaired) electrons. The average molecular weight is 217 g/mol. The first-order valence-electron chi connectivity index (χ1n) is 4.69. The Labute approximate surface area is 85.9 Å². The lowest BCUT2D eigenvalue weighted by molar-refractivity contribution is -0.119. The molecule has 4 nitrogen and oxygen atoms in total. The minimum Gasteiger partial charge on any atom is -0.284 e. The predicted octanol–water partition coefficient (Wildman–Crippen LogP) is 1.04. The summed E-state index contributed by atoms with van der Waals surface area (Å²) < 4.78 is 11.4. The van der Waals surface area contributed by atoms with Gasteiger partial charge in [0.05, 0.1) is 0 Å². The Bertz CT molecular complexity index is 288. The zero-order chi connectivity index (χ0) is 10.9. The van der Waals surface area contributed by atoms with Gasteiger partial charge in [0.1, 0.15) is 16.0 Å². The zero-order valence-electron chi connectivity index (χ0n) is 8.57. The van der Waals surface area contributed by atoms with Crippen LogP contribution in [0.15, 0.2) is 0 Å². The molecule has 5 heteroatoms. The molecule has 2 amide bonds. The predicted molar refractivity (Wildman–Crippen MR) is 54.1 cm³/mol. The van der Waals surface area contributed by atoms with E-state index < -0.39 is 21.3 Å². The molecule has 0 saturated carbocycles. The Morgan fingerprint density at radius 1 is 1.36 bits per heavy atom. The van der Waals surface area contributed by atoms with Crippen LogP contribution in [0.25, 0.3) is 0 Å². The molecule has 0 aromatic rings. The van der Waals surface area contributed by atoms with Gasteiger partial charge >= 0.3 is 5.24 Å². The maximum Gasteiger partial charge on any atom is 0.316 e. The molecule has 0 aromatic carbocycles. The van der Waals surface area contributed by atoms with Gasteiger partial charge in [-0.2, -0.15) is 0 Å². The molecule has 3 atom stereocenters. The molecule has 1 heterocycles. The minimum atomic E-state index is -1.68. The smallest absolute Gasteiger partial charge is 0.284 e. The van der Waals surface area contributed by atoms with Gasteiger partial charge in [-0.1, -0.05) is 20.8 Å². The molecule has 1 N–H and O–H groups in total. The second-order valence-corrected chi connectivity index (χ2v) is 5.58. The second kappa shape index (κ2) is 4.21. The summed E-state index contributed by atoms with van der Waals surface area (Å²) in [7, 11) is -1.68. The fraction of sp³-hybridized carbons (Fsp3) is 0.778. The Morgan fingerprint density at radius 3 is 2.29 bits per heavy atom. The van der Waals surface area contributed by atoms with Crippen LogP contribution in [0.1, 0.15) is 27.2 Å². The van der Waals surface area contributed by atoms with Crippen LogP contribution in [0, 0.1) is 11.8 Å². The summed E-state index contributed by atoms with van der Waals surface area (Å²) >= 11 is 0. The Kier molecular flexibility index (Phi) is 3.42. The molecule has 0 bridgehead atoms. The van der Waals surface area contributed by atoms with Gasteiger partial charge in [-0.15, -0.1) is 0 Å². The number of amides is 2. The number of nitrogens with one attached hydrogen (secondary N) is 1. The molecule has 1 aliphatic heterocycles. The quantitative estimate of drug-likeness (QED) is 0.768. The maximum absolute atomic E-state index is 11.4. The lowest BCUT2D eigenvalue weighted by Crippen LogP contribution is -2.30. The van der Waals surface area contributed by atoms with Gasteiger partial charge in [-0.3, -0.25) is 14.9 Å². The summed E-state index contributed by atoms with van der Waals surface area (Å²) in [5.41, 5.74) is 0. The van der Waals surface area contributed by atoms with E-state index in [1.807, 2.05) is 20.8 Å². The van der Waals surface area contributed by atoms with Crippen molar-refractivity contribution in [2.24, 2.45) is 11.8 Å². The van der Waals surface area contributed by atoms with Crippen molar-refractivity contribution in [3.05, 3.63) is 0 Å². The number of carbonyl (C=O) groups is 2. The van der Waals surface area contributed by atoms with E-state index in [0.717, 1.165) is 6.42 Å². The Morgan fingerprint density at radius 2 is 1.93 bits per heavy atom. The van der Waals surface area contributed by atoms with Crippen molar-refractivity contribution in [1.82, 2.24) is 5.32 Å². The summed E-state index contributed by atoms with van der Waals surface area (Å²) in [4.78, 5) is 22.2. The van der Waals surface area contributed by atoms with Gasteiger partial charge in [0, 0.05) is 0 Å². The van der Waals surface area contributed by atoms with Gasteiger partial charge in [-0.05, 0) is 18.3 Å². The maximum atomic E-state index is 11.4. The van der Waals surface area contributed by atoms with Crippen molar-refractivity contribution in [2.75, 3.05) is 0 Å². The van der Waals surface area contributed by atoms with Crippen LogP contribution in [-0.4, -0.2) is 20.6 Å². The monoisotopic (exact) mass is 217 g/mol. The lowest BCUT2D eigenvalue weighted by atomic mass is 9.95. The topological polar surface area (TPSA) is 63.2 Å². The molecule has 14 heavy (non-hydrogen) atoms. The Balaban J connectivity index is 2.72. The van der Waals surface area contributed by atoms with E-state index in [0.29, 0.717) is 5.92 Å². The molecule has 80 valence electrons. The standard InChI is InChI=1S/C9H15NO3S/c1-5(2)4-6(3)7-8(11)10-9(12)14(7)13/h5-7H,4H2,1-3H3,(H,10,11,12). The van der Waals surface area contributed by atoms with E-state index >= 15 is 0 Å². The van der Waals surface area contributed by atoms with E-state index in [-0.39, 0.29) is 11.8 Å². The van der Waals surface area contributed by atoms with E-state index in [1.165, 1.54) is 0 Å². The molecular formula is C9H15NO3S. The summed E-state index contributed by atoms with van der Waals surface area (Å²) in [6, 6.07) is 0. The minimum absolute atomic E-state index is 0.0118. The SMILES string of the molecule is CC(C)CC(C)C1C(=O)NC(=O)S1=O. The summed E-state index contributed by atoms with van der Waals surface area (Å²) in [5, 5.41) is 0.802. The van der Waals surface area contributed by atoms with Gasteiger partial charge in [0.2, 0.25) is 5.91 Å². The van der Waals surface area contributed by atoms with Crippen LogP contribution in [0.5, 0.6) is 0 Å². The lowest BCUT2D eigenvalue weighted by Gasteiger charge is -2.16. The number of imide groups is 1. The van der Waals surface area contributed by atoms with Crippen LogP contribution in [0.2, 0.25) is 0 Å². The molecule has 0 aliphatic carbocycles. The van der Waals surface area contributed by atoms with Crippen molar-refractivity contribution in [1.29, 1.82) is 0 Å². The number of hydrogen-bond donors (Lipinski definition) is 1. The van der Waals surface area contributed by atoms with E-state index in [9.17, 15) is 13.8 Å². The van der Waals surface area contributed by atoms with E-state index in [4.69, 9.17) is 0 Å².